The molecule has 9 heteroatoms. The average Bonchev–Trinajstić information content (AvgIpc) is 2.72. The van der Waals surface area contributed by atoms with Crippen LogP contribution in [-0.4, -0.2) is 64.3 Å². The van der Waals surface area contributed by atoms with E-state index in [9.17, 15) is 14.4 Å². The maximum Gasteiger partial charge on any atom is 0.410 e. The van der Waals surface area contributed by atoms with Gasteiger partial charge in [0.1, 0.15) is 29.7 Å². The monoisotopic (exact) mass is 345 g/mol. The molecule has 1 atom stereocenters. The van der Waals surface area contributed by atoms with E-state index in [4.69, 9.17) is 10.00 Å². The highest BCUT2D eigenvalue weighted by Crippen LogP contribution is 2.17. The molecule has 2 heterocycles. The number of hydrogen-bond acceptors (Lipinski definition) is 8. The summed E-state index contributed by atoms with van der Waals surface area (Å²) in [5.41, 5.74) is -0.595. The zero-order valence-corrected chi connectivity index (χ0v) is 14.3. The maximum absolute atomic E-state index is 12.3. The van der Waals surface area contributed by atoms with Gasteiger partial charge >= 0.3 is 6.09 Å². The summed E-state index contributed by atoms with van der Waals surface area (Å²) < 4.78 is 5.28. The molecule has 1 aromatic rings. The molecule has 1 amide bonds. The predicted octanol–water partition coefficient (Wildman–Crippen LogP) is 0.542. The van der Waals surface area contributed by atoms with Gasteiger partial charge in [0.05, 0.1) is 19.6 Å². The Morgan fingerprint density at radius 2 is 2.16 bits per heavy atom. The molecular formula is C16H19N5O4. The number of aromatic nitrogens is 2. The summed E-state index contributed by atoms with van der Waals surface area (Å²) in [5.74, 6) is -0.197. The van der Waals surface area contributed by atoms with Crippen molar-refractivity contribution in [3.05, 3.63) is 18.0 Å². The SMILES string of the molecule is CC(C)(C)OC(=O)N1CC(=O)CN(c2nccc(C#N)n2)[C@H](C=O)C1. The van der Waals surface area contributed by atoms with E-state index < -0.39 is 17.7 Å². The summed E-state index contributed by atoms with van der Waals surface area (Å²) in [6, 6.07) is 2.48. The van der Waals surface area contributed by atoms with E-state index >= 15 is 0 Å². The van der Waals surface area contributed by atoms with Crippen LogP contribution in [0.2, 0.25) is 0 Å². The van der Waals surface area contributed by atoms with Gasteiger partial charge in [-0.25, -0.2) is 14.8 Å². The Kier molecular flexibility index (Phi) is 5.32. The Bertz CT molecular complexity index is 722. The molecule has 25 heavy (non-hydrogen) atoms. The molecule has 1 aromatic heterocycles. The first-order valence-corrected chi connectivity index (χ1v) is 7.68. The van der Waals surface area contributed by atoms with E-state index in [1.54, 1.807) is 20.8 Å². The number of hydrogen-bond donors (Lipinski definition) is 0. The third-order valence-corrected chi connectivity index (χ3v) is 3.34. The number of amides is 1. The van der Waals surface area contributed by atoms with Gasteiger partial charge in [-0.05, 0) is 26.8 Å². The Hall–Kier alpha value is -3.02. The first kappa shape index (κ1) is 18.3. The van der Waals surface area contributed by atoms with E-state index in [1.807, 2.05) is 6.07 Å². The molecule has 132 valence electrons. The number of rotatable bonds is 2. The fraction of sp³-hybridized carbons (Fsp3) is 0.500. The highest BCUT2D eigenvalue weighted by Gasteiger charge is 2.34. The summed E-state index contributed by atoms with van der Waals surface area (Å²) >= 11 is 0. The normalized spacial score (nSPS) is 18.3. The van der Waals surface area contributed by atoms with Crippen molar-refractivity contribution in [1.82, 2.24) is 14.9 Å². The van der Waals surface area contributed by atoms with E-state index in [1.165, 1.54) is 22.1 Å². The van der Waals surface area contributed by atoms with E-state index in [0.29, 0.717) is 6.29 Å². The summed E-state index contributed by atoms with van der Waals surface area (Å²) in [7, 11) is 0. The first-order valence-electron chi connectivity index (χ1n) is 7.68. The molecule has 1 aliphatic rings. The minimum absolute atomic E-state index is 0.0374. The second-order valence-electron chi connectivity index (χ2n) is 6.58. The van der Waals surface area contributed by atoms with E-state index in [0.717, 1.165) is 0 Å². The van der Waals surface area contributed by atoms with Crippen LogP contribution >= 0.6 is 0 Å². The average molecular weight is 345 g/mol. The van der Waals surface area contributed by atoms with Gasteiger partial charge in [-0.2, -0.15) is 5.26 Å². The zero-order chi connectivity index (χ0) is 18.6. The third kappa shape index (κ3) is 4.73. The molecule has 0 aromatic carbocycles. The number of ketones is 1. The third-order valence-electron chi connectivity index (χ3n) is 3.34. The number of Topliss-reactive ketones (excluding diaryl/α,β-unsaturated/α-hetero) is 1. The first-order chi connectivity index (χ1) is 11.7. The van der Waals surface area contributed by atoms with Gasteiger partial charge in [0, 0.05) is 6.20 Å². The van der Waals surface area contributed by atoms with Gasteiger partial charge in [-0.3, -0.25) is 9.69 Å². The highest BCUT2D eigenvalue weighted by molar-refractivity contribution is 5.89. The van der Waals surface area contributed by atoms with Crippen molar-refractivity contribution < 1.29 is 19.1 Å². The quantitative estimate of drug-likeness (QED) is 0.713. The number of carbonyl (C=O) groups excluding carboxylic acids is 3. The van der Waals surface area contributed by atoms with Crippen molar-refractivity contribution in [2.24, 2.45) is 0 Å². The summed E-state index contributed by atoms with van der Waals surface area (Å²) in [6.45, 7) is 4.80. The van der Waals surface area contributed by atoms with Crippen LogP contribution in [0.15, 0.2) is 12.3 Å². The Labute approximate surface area is 145 Å². The molecule has 2 rings (SSSR count). The number of nitriles is 1. The van der Waals surface area contributed by atoms with Gasteiger partial charge in [-0.15, -0.1) is 0 Å². The molecule has 0 unspecified atom stereocenters. The molecule has 1 saturated heterocycles. The van der Waals surface area contributed by atoms with Crippen molar-refractivity contribution in [1.29, 1.82) is 5.26 Å². The lowest BCUT2D eigenvalue weighted by Crippen LogP contribution is -2.46. The van der Waals surface area contributed by atoms with Crippen LogP contribution in [0.25, 0.3) is 0 Å². The number of aldehydes is 1. The molecule has 1 fully saturated rings. The molecule has 0 saturated carbocycles. The van der Waals surface area contributed by atoms with Gasteiger partial charge in [0.25, 0.3) is 0 Å². The minimum Gasteiger partial charge on any atom is -0.444 e. The summed E-state index contributed by atoms with van der Waals surface area (Å²) in [5, 5.41) is 8.95. The van der Waals surface area contributed by atoms with Crippen molar-refractivity contribution in [2.75, 3.05) is 24.5 Å². The number of nitrogens with zero attached hydrogens (tertiary/aromatic N) is 5. The van der Waals surface area contributed by atoms with Crippen LogP contribution < -0.4 is 4.90 Å². The molecular weight excluding hydrogens is 326 g/mol. The van der Waals surface area contributed by atoms with Crippen LogP contribution in [-0.2, 0) is 14.3 Å². The smallest absolute Gasteiger partial charge is 0.410 e. The molecule has 1 aliphatic heterocycles. The van der Waals surface area contributed by atoms with Crippen molar-refractivity contribution in [3.63, 3.8) is 0 Å². The minimum atomic E-state index is -0.826. The molecule has 0 N–H and O–H groups in total. The fourth-order valence-corrected chi connectivity index (χ4v) is 2.31. The van der Waals surface area contributed by atoms with Crippen LogP contribution in [0.1, 0.15) is 26.5 Å². The topological polar surface area (TPSA) is 116 Å². The standard InChI is InChI=1S/C16H19N5O4/c1-16(2,3)25-15(24)20-7-12(10-22)21(9-13(23)8-20)14-18-5-4-11(6-17)19-14/h4-5,10,12H,7-9H2,1-3H3/t12-/m0/s1. The molecule has 0 radical (unpaired) electrons. The zero-order valence-electron chi connectivity index (χ0n) is 14.3. The lowest BCUT2D eigenvalue weighted by atomic mass is 10.2. The van der Waals surface area contributed by atoms with Gasteiger partial charge in [-0.1, -0.05) is 0 Å². The van der Waals surface area contributed by atoms with Crippen LogP contribution in [0.5, 0.6) is 0 Å². The summed E-state index contributed by atoms with van der Waals surface area (Å²) in [6.07, 6.45) is 1.34. The van der Waals surface area contributed by atoms with Gasteiger partial charge in [0.15, 0.2) is 5.78 Å². The molecule has 0 spiro atoms. The van der Waals surface area contributed by atoms with E-state index in [-0.39, 0.29) is 37.1 Å². The number of anilines is 1. The lowest BCUT2D eigenvalue weighted by Gasteiger charge is -2.29. The maximum atomic E-state index is 12.3. The second-order valence-corrected chi connectivity index (χ2v) is 6.58. The van der Waals surface area contributed by atoms with Gasteiger partial charge < -0.3 is 14.4 Å². The van der Waals surface area contributed by atoms with Gasteiger partial charge in [0.2, 0.25) is 5.95 Å². The van der Waals surface area contributed by atoms with E-state index in [2.05, 4.69) is 9.97 Å². The van der Waals surface area contributed by atoms with Crippen molar-refractivity contribution >= 4 is 24.1 Å². The largest absolute Gasteiger partial charge is 0.444 e. The lowest BCUT2D eigenvalue weighted by molar-refractivity contribution is -0.118. The molecule has 0 bridgehead atoms. The highest BCUT2D eigenvalue weighted by atomic mass is 16.6. The molecule has 9 nitrogen and oxygen atoms in total. The van der Waals surface area contributed by atoms with Crippen molar-refractivity contribution in [2.45, 2.75) is 32.4 Å². The number of ether oxygens (including phenoxy) is 1. The van der Waals surface area contributed by atoms with Crippen molar-refractivity contribution in [3.8, 4) is 6.07 Å². The Morgan fingerprint density at radius 3 is 2.76 bits per heavy atom. The second kappa shape index (κ2) is 7.25. The Morgan fingerprint density at radius 1 is 1.44 bits per heavy atom. The Balaban J connectivity index is 2.27. The summed E-state index contributed by atoms with van der Waals surface area (Å²) in [4.78, 5) is 46.7. The van der Waals surface area contributed by atoms with Crippen LogP contribution in [0.3, 0.4) is 0 Å². The fourth-order valence-electron chi connectivity index (χ4n) is 2.31. The van der Waals surface area contributed by atoms with Crippen LogP contribution in [0, 0.1) is 11.3 Å². The predicted molar refractivity (Wildman–Crippen MR) is 86.8 cm³/mol. The van der Waals surface area contributed by atoms with Crippen LogP contribution in [0.4, 0.5) is 10.7 Å². The molecule has 0 aliphatic carbocycles. The number of carbonyl (C=O) groups is 3.